The number of nitrogens with zero attached hydrogens (tertiary/aromatic N) is 1. The monoisotopic (exact) mass is 271 g/mol. The Bertz CT molecular complexity index is 676. The zero-order chi connectivity index (χ0) is 13.1. The van der Waals surface area contributed by atoms with E-state index in [1.165, 1.54) is 11.3 Å². The summed E-state index contributed by atoms with van der Waals surface area (Å²) in [4.78, 5) is 15.8. The Morgan fingerprint density at radius 1 is 0.947 bits per heavy atom. The van der Waals surface area contributed by atoms with E-state index in [9.17, 15) is 4.79 Å². The molecule has 0 bridgehead atoms. The highest BCUT2D eigenvalue weighted by Crippen LogP contribution is 2.27. The van der Waals surface area contributed by atoms with Crippen LogP contribution in [0.1, 0.15) is 0 Å². The van der Waals surface area contributed by atoms with Crippen LogP contribution in [0.2, 0.25) is 0 Å². The van der Waals surface area contributed by atoms with Crippen LogP contribution in [-0.2, 0) is 0 Å². The van der Waals surface area contributed by atoms with Crippen molar-refractivity contribution in [2.24, 2.45) is 0 Å². The van der Waals surface area contributed by atoms with E-state index in [1.807, 2.05) is 30.3 Å². The van der Waals surface area contributed by atoms with E-state index in [-0.39, 0.29) is 5.19 Å². The summed E-state index contributed by atoms with van der Waals surface area (Å²) in [5, 5.41) is 0.280. The van der Waals surface area contributed by atoms with E-state index in [1.54, 1.807) is 24.3 Å². The van der Waals surface area contributed by atoms with Gasteiger partial charge in [0.05, 0.1) is 10.2 Å². The first kappa shape index (κ1) is 11.7. The average molecular weight is 271 g/mol. The highest BCUT2D eigenvalue weighted by atomic mass is 32.1. The minimum atomic E-state index is -0.787. The molecule has 1 heterocycles. The molecule has 0 unspecified atom stereocenters. The van der Waals surface area contributed by atoms with Gasteiger partial charge in [-0.05, 0) is 24.3 Å². The molecule has 0 saturated carbocycles. The molecule has 0 radical (unpaired) electrons. The van der Waals surface area contributed by atoms with Crippen molar-refractivity contribution < 1.29 is 14.3 Å². The molecule has 0 fully saturated rings. The van der Waals surface area contributed by atoms with E-state index < -0.39 is 6.16 Å². The van der Waals surface area contributed by atoms with Gasteiger partial charge in [0.1, 0.15) is 5.75 Å². The number of para-hydroxylation sites is 2. The van der Waals surface area contributed by atoms with Crippen LogP contribution < -0.4 is 9.47 Å². The van der Waals surface area contributed by atoms with E-state index in [4.69, 9.17) is 9.47 Å². The van der Waals surface area contributed by atoms with Gasteiger partial charge in [0.15, 0.2) is 0 Å². The molecule has 0 aliphatic rings. The number of benzene rings is 2. The molecule has 0 saturated heterocycles. The molecule has 2 aromatic carbocycles. The van der Waals surface area contributed by atoms with E-state index >= 15 is 0 Å². The van der Waals surface area contributed by atoms with Crippen LogP contribution in [-0.4, -0.2) is 11.1 Å². The lowest BCUT2D eigenvalue weighted by Gasteiger charge is -2.01. The lowest BCUT2D eigenvalue weighted by molar-refractivity contribution is 0.152. The number of ether oxygens (including phenoxy) is 2. The Labute approximate surface area is 113 Å². The maximum Gasteiger partial charge on any atom is 0.521 e. The second-order valence-corrected chi connectivity index (χ2v) is 4.71. The highest BCUT2D eigenvalue weighted by Gasteiger charge is 2.11. The largest absolute Gasteiger partial charge is 0.521 e. The molecule has 1 aromatic heterocycles. The first-order chi connectivity index (χ1) is 9.31. The molecule has 0 N–H and O–H groups in total. The predicted molar refractivity (Wildman–Crippen MR) is 72.7 cm³/mol. The number of thiazole rings is 1. The number of carbonyl (C=O) groups is 1. The van der Waals surface area contributed by atoms with Crippen molar-refractivity contribution in [3.05, 3.63) is 54.6 Å². The molecule has 0 atom stereocenters. The fourth-order valence-corrected chi connectivity index (χ4v) is 2.38. The summed E-state index contributed by atoms with van der Waals surface area (Å²) in [5.41, 5.74) is 0.801. The molecule has 0 aliphatic carbocycles. The van der Waals surface area contributed by atoms with Gasteiger partial charge in [-0.15, -0.1) is 0 Å². The van der Waals surface area contributed by atoms with Crippen molar-refractivity contribution in [1.82, 2.24) is 4.98 Å². The molecular weight excluding hydrogens is 262 g/mol. The van der Waals surface area contributed by atoms with Crippen LogP contribution in [0.4, 0.5) is 4.79 Å². The molecule has 3 aromatic rings. The summed E-state index contributed by atoms with van der Waals surface area (Å²) in [5.74, 6) is 0.439. The molecule has 0 amide bonds. The first-order valence-electron chi connectivity index (χ1n) is 5.61. The van der Waals surface area contributed by atoms with E-state index in [0.29, 0.717) is 5.75 Å². The van der Waals surface area contributed by atoms with Gasteiger partial charge in [-0.25, -0.2) is 9.78 Å². The Kier molecular flexibility index (Phi) is 3.12. The van der Waals surface area contributed by atoms with Crippen molar-refractivity contribution in [2.75, 3.05) is 0 Å². The summed E-state index contributed by atoms with van der Waals surface area (Å²) < 4.78 is 11.0. The van der Waals surface area contributed by atoms with Crippen molar-refractivity contribution in [1.29, 1.82) is 0 Å². The molecule has 4 nitrogen and oxygen atoms in total. The van der Waals surface area contributed by atoms with Crippen molar-refractivity contribution in [2.45, 2.75) is 0 Å². The summed E-state index contributed by atoms with van der Waals surface area (Å²) >= 11 is 1.30. The highest BCUT2D eigenvalue weighted by molar-refractivity contribution is 7.20. The summed E-state index contributed by atoms with van der Waals surface area (Å²) in [6.45, 7) is 0. The van der Waals surface area contributed by atoms with Crippen LogP contribution in [0, 0.1) is 0 Å². The van der Waals surface area contributed by atoms with Gasteiger partial charge in [-0.1, -0.05) is 41.7 Å². The molecule has 5 heteroatoms. The van der Waals surface area contributed by atoms with Crippen LogP contribution in [0.15, 0.2) is 54.6 Å². The third kappa shape index (κ3) is 2.71. The van der Waals surface area contributed by atoms with Crippen LogP contribution >= 0.6 is 11.3 Å². The smallest absolute Gasteiger partial charge is 0.395 e. The van der Waals surface area contributed by atoms with Crippen LogP contribution in [0.25, 0.3) is 10.2 Å². The molecular formula is C14H9NO3S. The van der Waals surface area contributed by atoms with Gasteiger partial charge in [0.2, 0.25) is 0 Å². The molecule has 3 rings (SSSR count). The number of carbonyl (C=O) groups excluding carboxylic acids is 1. The molecule has 0 spiro atoms. The number of rotatable bonds is 2. The second kappa shape index (κ2) is 5.07. The summed E-state index contributed by atoms with van der Waals surface area (Å²) in [6, 6.07) is 16.3. The van der Waals surface area contributed by atoms with Crippen LogP contribution in [0.5, 0.6) is 10.9 Å². The third-order valence-corrected chi connectivity index (χ3v) is 3.30. The number of fused-ring (bicyclic) bond motifs is 1. The van der Waals surface area contributed by atoms with Crippen molar-refractivity contribution in [3.8, 4) is 10.9 Å². The Morgan fingerprint density at radius 3 is 2.47 bits per heavy atom. The topological polar surface area (TPSA) is 48.4 Å². The Morgan fingerprint density at radius 2 is 1.68 bits per heavy atom. The fraction of sp³-hybridized carbons (Fsp3) is 0. The maximum absolute atomic E-state index is 11.6. The number of hydrogen-bond donors (Lipinski definition) is 0. The zero-order valence-electron chi connectivity index (χ0n) is 9.78. The lowest BCUT2D eigenvalue weighted by atomic mass is 10.3. The Balaban J connectivity index is 1.72. The average Bonchev–Trinajstić information content (AvgIpc) is 2.81. The van der Waals surface area contributed by atoms with Gasteiger partial charge in [0, 0.05) is 0 Å². The van der Waals surface area contributed by atoms with Gasteiger partial charge in [-0.2, -0.15) is 0 Å². The lowest BCUT2D eigenvalue weighted by Crippen LogP contribution is -2.13. The normalized spacial score (nSPS) is 10.3. The van der Waals surface area contributed by atoms with Crippen molar-refractivity contribution in [3.63, 3.8) is 0 Å². The molecule has 19 heavy (non-hydrogen) atoms. The standard InChI is InChI=1S/C14H9NO3S/c16-14(17-10-6-2-1-3-7-10)18-13-15-11-8-4-5-9-12(11)19-13/h1-9H. The predicted octanol–water partition coefficient (Wildman–Crippen LogP) is 3.87. The summed E-state index contributed by atoms with van der Waals surface area (Å²) in [7, 11) is 0. The van der Waals surface area contributed by atoms with Crippen molar-refractivity contribution >= 4 is 27.7 Å². The number of hydrogen-bond acceptors (Lipinski definition) is 5. The van der Waals surface area contributed by atoms with E-state index in [2.05, 4.69) is 4.98 Å². The van der Waals surface area contributed by atoms with E-state index in [0.717, 1.165) is 10.2 Å². The molecule has 0 aliphatic heterocycles. The SMILES string of the molecule is O=C(Oc1ccccc1)Oc1nc2ccccc2s1. The minimum absolute atomic E-state index is 0.280. The zero-order valence-corrected chi connectivity index (χ0v) is 10.6. The van der Waals surface area contributed by atoms with Gasteiger partial charge < -0.3 is 9.47 Å². The maximum atomic E-state index is 11.6. The van der Waals surface area contributed by atoms with Crippen LogP contribution in [0.3, 0.4) is 0 Å². The second-order valence-electron chi connectivity index (χ2n) is 3.71. The fourth-order valence-electron chi connectivity index (χ4n) is 1.57. The van der Waals surface area contributed by atoms with Gasteiger partial charge in [-0.3, -0.25) is 0 Å². The van der Waals surface area contributed by atoms with Gasteiger partial charge in [0.25, 0.3) is 5.19 Å². The van der Waals surface area contributed by atoms with Gasteiger partial charge >= 0.3 is 6.16 Å². The first-order valence-corrected chi connectivity index (χ1v) is 6.43. The summed E-state index contributed by atoms with van der Waals surface area (Å²) in [6.07, 6.45) is -0.787. The Hall–Kier alpha value is -2.40. The third-order valence-electron chi connectivity index (χ3n) is 2.39. The quantitative estimate of drug-likeness (QED) is 0.524. The minimum Gasteiger partial charge on any atom is -0.395 e. The molecule has 94 valence electrons. The number of aromatic nitrogens is 1.